The lowest BCUT2D eigenvalue weighted by Gasteiger charge is -2.29. The van der Waals surface area contributed by atoms with Crippen LogP contribution in [0.25, 0.3) is 0 Å². The molecule has 0 aromatic rings. The number of aliphatic hydroxyl groups excluding tert-OH is 1. The molecule has 0 saturated heterocycles. The second-order valence-electron chi connectivity index (χ2n) is 8.55. The number of likely N-dealkylation sites (N-methyl/N-ethyl adjacent to an activating group) is 1. The molecule has 0 radical (unpaired) electrons. The summed E-state index contributed by atoms with van der Waals surface area (Å²) in [4.78, 5) is 4.31. The zero-order valence-corrected chi connectivity index (χ0v) is 14.1. The van der Waals surface area contributed by atoms with Crippen LogP contribution in [0.15, 0.2) is 36.0 Å². The van der Waals surface area contributed by atoms with Gasteiger partial charge in [-0.1, -0.05) is 6.42 Å². The predicted molar refractivity (Wildman–Crippen MR) is 91.2 cm³/mol. The first-order chi connectivity index (χ1) is 11.2. The minimum Gasteiger partial charge on any atom is -0.508 e. The number of allylic oxidation sites excluding steroid dienone is 1. The molecule has 0 bridgehead atoms. The van der Waals surface area contributed by atoms with Gasteiger partial charge in [-0.2, -0.15) is 0 Å². The Bertz CT molecular complexity index is 607. The van der Waals surface area contributed by atoms with Crippen LogP contribution in [-0.4, -0.2) is 28.1 Å². The van der Waals surface area contributed by atoms with Crippen LogP contribution in [0.3, 0.4) is 0 Å². The standard InChI is InChI=1S/C20H28N2O/c1-21-8-9-22-13-15(18(23)11-19(21)22)4-2-3-5-16-12-20(16)7-6-14-10-17(14)20/h8-9,11,13-14,16-17,19,23H,2-7,10,12H2,1H3. The quantitative estimate of drug-likeness (QED) is 0.764. The van der Waals surface area contributed by atoms with Gasteiger partial charge in [0, 0.05) is 37.3 Å². The average molecular weight is 312 g/mol. The lowest BCUT2D eigenvalue weighted by atomic mass is 9.94. The van der Waals surface area contributed by atoms with Gasteiger partial charge in [-0.25, -0.2) is 0 Å². The SMILES string of the molecule is CN1C=CN2C=C(CCCCC3CC34CCC3CC34)C(O)=CC12. The number of nitrogens with zero attached hydrogens (tertiary/aromatic N) is 2. The number of aliphatic hydroxyl groups is 1. The third-order valence-electron chi connectivity index (χ3n) is 7.31. The molecule has 3 fully saturated rings. The highest BCUT2D eigenvalue weighted by Gasteiger charge is 2.68. The van der Waals surface area contributed by atoms with Crippen molar-refractivity contribution in [3.8, 4) is 0 Å². The summed E-state index contributed by atoms with van der Waals surface area (Å²) in [7, 11) is 2.04. The molecule has 5 rings (SSSR count). The molecule has 2 heterocycles. The Balaban J connectivity index is 1.10. The van der Waals surface area contributed by atoms with E-state index in [2.05, 4.69) is 28.4 Å². The smallest absolute Gasteiger partial charge is 0.128 e. The van der Waals surface area contributed by atoms with Crippen LogP contribution in [0.1, 0.15) is 51.4 Å². The summed E-state index contributed by atoms with van der Waals surface area (Å²) in [6.45, 7) is 0. The number of hydrogen-bond donors (Lipinski definition) is 1. The fourth-order valence-corrected chi connectivity index (χ4v) is 5.74. The zero-order valence-electron chi connectivity index (χ0n) is 14.1. The molecule has 3 aliphatic carbocycles. The van der Waals surface area contributed by atoms with Crippen LogP contribution in [0, 0.1) is 23.2 Å². The van der Waals surface area contributed by atoms with E-state index in [4.69, 9.17) is 0 Å². The van der Waals surface area contributed by atoms with Crippen molar-refractivity contribution >= 4 is 0 Å². The number of hydrogen-bond acceptors (Lipinski definition) is 3. The predicted octanol–water partition coefficient (Wildman–Crippen LogP) is 4.37. The van der Waals surface area contributed by atoms with Crippen molar-refractivity contribution in [2.75, 3.05) is 7.05 Å². The van der Waals surface area contributed by atoms with Crippen molar-refractivity contribution in [1.29, 1.82) is 0 Å². The highest BCUT2D eigenvalue weighted by atomic mass is 16.3. The summed E-state index contributed by atoms with van der Waals surface area (Å²) < 4.78 is 0. The first-order valence-corrected chi connectivity index (χ1v) is 9.47. The number of unbranched alkanes of at least 4 members (excludes halogenated alkanes) is 1. The van der Waals surface area contributed by atoms with Crippen LogP contribution in [-0.2, 0) is 0 Å². The average Bonchev–Trinajstić information content (AvgIpc) is 3.38. The molecule has 3 saturated carbocycles. The molecule has 0 aromatic heterocycles. The molecule has 0 aromatic carbocycles. The normalized spacial score (nSPS) is 42.7. The van der Waals surface area contributed by atoms with E-state index in [1.165, 1.54) is 38.5 Å². The largest absolute Gasteiger partial charge is 0.508 e. The van der Waals surface area contributed by atoms with Crippen LogP contribution in [0.2, 0.25) is 0 Å². The minimum absolute atomic E-state index is 0.166. The molecule has 3 heteroatoms. The van der Waals surface area contributed by atoms with Gasteiger partial charge < -0.3 is 14.9 Å². The van der Waals surface area contributed by atoms with Gasteiger partial charge in [0.1, 0.15) is 11.9 Å². The Labute approximate surface area is 139 Å². The van der Waals surface area contributed by atoms with E-state index in [0.29, 0.717) is 5.76 Å². The van der Waals surface area contributed by atoms with Crippen molar-refractivity contribution in [2.24, 2.45) is 23.2 Å². The van der Waals surface area contributed by atoms with E-state index >= 15 is 0 Å². The molecule has 124 valence electrons. The van der Waals surface area contributed by atoms with Gasteiger partial charge in [0.15, 0.2) is 0 Å². The highest BCUT2D eigenvalue weighted by molar-refractivity contribution is 5.32. The molecule has 5 aliphatic rings. The maximum Gasteiger partial charge on any atom is 0.128 e. The van der Waals surface area contributed by atoms with E-state index in [9.17, 15) is 5.11 Å². The van der Waals surface area contributed by atoms with Gasteiger partial charge in [-0.3, -0.25) is 0 Å². The van der Waals surface area contributed by atoms with E-state index < -0.39 is 0 Å². The van der Waals surface area contributed by atoms with Crippen molar-refractivity contribution in [3.63, 3.8) is 0 Å². The lowest BCUT2D eigenvalue weighted by molar-refractivity contribution is 0.257. The molecule has 1 spiro atoms. The Morgan fingerprint density at radius 2 is 2.22 bits per heavy atom. The van der Waals surface area contributed by atoms with Gasteiger partial charge in [-0.15, -0.1) is 0 Å². The first kappa shape index (κ1) is 14.0. The summed E-state index contributed by atoms with van der Waals surface area (Å²) in [5, 5.41) is 10.3. The maximum absolute atomic E-state index is 10.3. The molecule has 2 aliphatic heterocycles. The maximum atomic E-state index is 10.3. The molecule has 23 heavy (non-hydrogen) atoms. The second kappa shape index (κ2) is 4.81. The van der Waals surface area contributed by atoms with E-state index in [0.717, 1.165) is 35.2 Å². The number of rotatable bonds is 5. The van der Waals surface area contributed by atoms with Crippen molar-refractivity contribution in [1.82, 2.24) is 9.80 Å². The molecule has 5 unspecified atom stereocenters. The topological polar surface area (TPSA) is 26.7 Å². The Hall–Kier alpha value is -1.38. The van der Waals surface area contributed by atoms with E-state index in [1.54, 1.807) is 6.42 Å². The van der Waals surface area contributed by atoms with Gasteiger partial charge >= 0.3 is 0 Å². The Morgan fingerprint density at radius 3 is 3.00 bits per heavy atom. The van der Waals surface area contributed by atoms with Crippen molar-refractivity contribution in [3.05, 3.63) is 36.0 Å². The highest BCUT2D eigenvalue weighted by Crippen LogP contribution is 2.76. The van der Waals surface area contributed by atoms with Gasteiger partial charge in [0.2, 0.25) is 0 Å². The van der Waals surface area contributed by atoms with Crippen molar-refractivity contribution < 1.29 is 5.11 Å². The summed E-state index contributed by atoms with van der Waals surface area (Å²) in [5.41, 5.74) is 1.93. The van der Waals surface area contributed by atoms with Crippen LogP contribution < -0.4 is 0 Å². The Morgan fingerprint density at radius 1 is 1.30 bits per heavy atom. The minimum atomic E-state index is 0.166. The van der Waals surface area contributed by atoms with Crippen LogP contribution in [0.4, 0.5) is 0 Å². The summed E-state index contributed by atoms with van der Waals surface area (Å²) in [5.74, 6) is 3.80. The van der Waals surface area contributed by atoms with Crippen molar-refractivity contribution in [2.45, 2.75) is 57.5 Å². The first-order valence-electron chi connectivity index (χ1n) is 9.47. The summed E-state index contributed by atoms with van der Waals surface area (Å²) in [6, 6.07) is 0. The monoisotopic (exact) mass is 312 g/mol. The fraction of sp³-hybridized carbons (Fsp3) is 0.700. The van der Waals surface area contributed by atoms with Gasteiger partial charge in [0.05, 0.1) is 0 Å². The van der Waals surface area contributed by atoms with Gasteiger partial charge in [-0.05, 0) is 68.1 Å². The summed E-state index contributed by atoms with van der Waals surface area (Å²) >= 11 is 0. The molecular formula is C20H28N2O. The third-order valence-corrected chi connectivity index (χ3v) is 7.31. The van der Waals surface area contributed by atoms with Gasteiger partial charge in [0.25, 0.3) is 0 Å². The molecule has 3 nitrogen and oxygen atoms in total. The lowest BCUT2D eigenvalue weighted by Crippen LogP contribution is -2.34. The third kappa shape index (κ3) is 2.15. The molecule has 5 atom stereocenters. The van der Waals surface area contributed by atoms with Crippen LogP contribution in [0.5, 0.6) is 0 Å². The molecular weight excluding hydrogens is 284 g/mol. The fourth-order valence-electron chi connectivity index (χ4n) is 5.74. The van der Waals surface area contributed by atoms with E-state index in [-0.39, 0.29) is 6.17 Å². The molecule has 0 amide bonds. The second-order valence-corrected chi connectivity index (χ2v) is 8.55. The van der Waals surface area contributed by atoms with Crippen LogP contribution >= 0.6 is 0 Å². The Kier molecular flexibility index (Phi) is 2.93. The summed E-state index contributed by atoms with van der Waals surface area (Å²) in [6.07, 6.45) is 19.6. The number of fused-ring (bicyclic) bond motifs is 3. The zero-order chi connectivity index (χ0) is 15.6. The van der Waals surface area contributed by atoms with E-state index in [1.807, 2.05) is 13.1 Å². The molecule has 1 N–H and O–H groups in total.